The van der Waals surface area contributed by atoms with Crippen molar-refractivity contribution in [2.45, 2.75) is 254 Å². The Kier molecular flexibility index (Phi) is 36.7. The van der Waals surface area contributed by atoms with Crippen LogP contribution in [-0.4, -0.2) is 240 Å². The lowest BCUT2D eigenvalue weighted by Gasteiger charge is -2.39. The summed E-state index contributed by atoms with van der Waals surface area (Å²) >= 11 is 3.94. The Hall–Kier alpha value is -11.5. The summed E-state index contributed by atoms with van der Waals surface area (Å²) in [4.78, 5) is 236. The van der Waals surface area contributed by atoms with E-state index in [0.29, 0.717) is 40.4 Å². The Bertz CT molecular complexity index is 5180. The van der Waals surface area contributed by atoms with E-state index in [-0.39, 0.29) is 146 Å². The number of para-hydroxylation sites is 1. The molecule has 4 bridgehead atoms. The number of carbonyl (C=O) groups is 15. The van der Waals surface area contributed by atoms with E-state index in [1.54, 1.807) is 60.8 Å². The van der Waals surface area contributed by atoms with Crippen LogP contribution in [0.4, 0.5) is 0 Å². The first-order chi connectivity index (χ1) is 63.6. The maximum absolute atomic E-state index is 15.8. The van der Waals surface area contributed by atoms with Crippen molar-refractivity contribution in [2.24, 2.45) is 34.6 Å². The van der Waals surface area contributed by atoms with Crippen LogP contribution in [0.1, 0.15) is 173 Å². The molecule has 718 valence electrons. The number of fused-ring (bicyclic) bond motifs is 8. The fraction of sp³-hybridized carbons (Fsp3) is 0.537. The van der Waals surface area contributed by atoms with Gasteiger partial charge in [0.15, 0.2) is 0 Å². The Balaban J connectivity index is 1.00. The molecule has 11 rings (SSSR count). The van der Waals surface area contributed by atoms with E-state index < -0.39 is 174 Å². The lowest BCUT2D eigenvalue weighted by molar-refractivity contribution is -0.143. The van der Waals surface area contributed by atoms with Crippen LogP contribution in [0.15, 0.2) is 97.6 Å². The lowest BCUT2D eigenvalue weighted by Crippen LogP contribution is -2.61. The van der Waals surface area contributed by atoms with Crippen LogP contribution < -0.4 is 70.0 Å². The van der Waals surface area contributed by atoms with Gasteiger partial charge in [-0.15, -0.1) is 0 Å². The highest BCUT2D eigenvalue weighted by atomic mass is 32.2. The molecule has 19 N–H and O–H groups in total. The molecule has 16 atom stereocenters. The number of nitrogens with one attached hydrogen (secondary N) is 13. The van der Waals surface area contributed by atoms with E-state index in [1.807, 2.05) is 27.7 Å². The Morgan fingerprint density at radius 3 is 1.92 bits per heavy atom. The van der Waals surface area contributed by atoms with E-state index in [1.165, 1.54) is 95.8 Å². The van der Waals surface area contributed by atoms with Crippen LogP contribution in [0.3, 0.4) is 0 Å². The van der Waals surface area contributed by atoms with Crippen LogP contribution >= 0.6 is 35.3 Å². The average molecular weight is 1890 g/mol. The van der Waals surface area contributed by atoms with Crippen molar-refractivity contribution in [3.63, 3.8) is 0 Å². The van der Waals surface area contributed by atoms with Crippen LogP contribution in [0.5, 0.6) is 5.75 Å². The van der Waals surface area contributed by atoms with E-state index in [2.05, 4.69) is 87.3 Å². The predicted molar refractivity (Wildman–Crippen MR) is 506 cm³/mol. The highest BCUT2D eigenvalue weighted by Gasteiger charge is 2.51. The van der Waals surface area contributed by atoms with Gasteiger partial charge in [0.1, 0.15) is 78.3 Å². The number of aromatic nitrogens is 3. The molecule has 5 heterocycles. The van der Waals surface area contributed by atoms with Crippen LogP contribution in [-0.2, 0) is 115 Å². The van der Waals surface area contributed by atoms with Gasteiger partial charge >= 0.3 is 5.97 Å². The number of rotatable bonds is 22. The van der Waals surface area contributed by atoms with Crippen molar-refractivity contribution in [1.29, 1.82) is 0 Å². The summed E-state index contributed by atoms with van der Waals surface area (Å²) in [7, 11) is 1.43. The standard InChI is InChI=1S/C95H128N18O17S3/c1-9-20-69(102-56(6)114)85(121)111-78-50-133-47-66-54(4)64-45-131-48-76(83(97)119)109-91(127)79-27-19-34-113(79)94(130)75(35-58-28-30-61(115)31-29-58)108-87(123)72(38-60-43-98-51-101-60)106-89(125)74(40-82(117)118)107-86(122)71(37-59-42-99-68-25-14-13-23-62(59)68)105-88(124)73(39-63-52(2)41-95(7)32-17-15-24-67(63)95)103-81(116)44-100-84(120)70(26-16-18-33-96)104-90(126)77(49-132-46-65(53(64)3)55(66)5)110-92(128)80(112(8)93(78)129)36-57-21-11-10-12-22-57/h10-14,21-23,25,28-31,42-43,51-52,63,67,69-80,99,115H,9,15-20,24,26-27,32-41,44-50,96H2,1-8H3,(H2,97,119)(H,98,101)(H,100,120)(H,102,114)(H,103,116)(H,104,126)(H,105,124)(H,106,125)(H,107,122)(H,108,123)(H,109,127)(H,110,128)(H,111,121)(H,117,118)/t52?,63?,67?,69-,70-,71-,72-,73-,74-,75-,76-,77-,78-,79-,80-,95?/m0/s1. The second-order valence-corrected chi connectivity index (χ2v) is 39.2. The number of imidazole rings is 1. The highest BCUT2D eigenvalue weighted by Crippen LogP contribution is 2.58. The summed E-state index contributed by atoms with van der Waals surface area (Å²) in [5.41, 5.74) is 19.6. The van der Waals surface area contributed by atoms with Gasteiger partial charge in [-0.2, -0.15) is 35.3 Å². The fourth-order valence-electron chi connectivity index (χ4n) is 19.4. The number of aromatic hydroxyl groups is 1. The molecule has 0 radical (unpaired) electrons. The van der Waals surface area contributed by atoms with Gasteiger partial charge in [0, 0.05) is 104 Å². The normalized spacial score (nSPS) is 26.2. The number of hydrogen-bond donors (Lipinski definition) is 17. The van der Waals surface area contributed by atoms with Crippen molar-refractivity contribution in [3.8, 4) is 5.75 Å². The number of likely N-dealkylation sites (N-methyl/N-ethyl adjacent to an activating group) is 1. The minimum atomic E-state index is -1.99. The lowest BCUT2D eigenvalue weighted by atomic mass is 9.67. The van der Waals surface area contributed by atoms with E-state index >= 15 is 47.9 Å². The molecular weight excluding hydrogens is 1760 g/mol. The molecule has 2 aromatic heterocycles. The number of nitrogens with two attached hydrogens (primary N) is 2. The molecule has 1 saturated heterocycles. The fourth-order valence-corrected chi connectivity index (χ4v) is 23.1. The SMILES string of the molecule is CCC[C@H](NC(C)=O)C(=O)N[C@H]1CSCc2c(C)c3c(C)c(c2C)CSC[C@H](NC(=O)[C@H](Cc2ccccc2)N(C)C1=O)C(=O)N[C@@H](CCCCN)C(=O)NCC(=O)N[C@@H](CC1C(C)CC2(C)CCCCC12)C(=O)N[C@@H](Cc1c[nH]c2ccccc12)C(=O)N[C@@H](CC(=O)O)C(=O)N[C@@H](Cc1c[nH]cn1)C(=O)N[C@@H](Cc1ccc(O)cc1)C(=O)N1CCC[C@H]1C(=O)N[C@H](C(N)=O)CSC3. The largest absolute Gasteiger partial charge is 0.508 e. The van der Waals surface area contributed by atoms with E-state index in [9.17, 15) is 34.2 Å². The second-order valence-electron chi connectivity index (χ2n) is 36.1. The van der Waals surface area contributed by atoms with Crippen LogP contribution in [0.25, 0.3) is 10.9 Å². The molecular formula is C95H128N18O17S3. The molecule has 3 fully saturated rings. The summed E-state index contributed by atoms with van der Waals surface area (Å²) in [6.07, 6.45) is 8.68. The number of aliphatic carboxylic acids is 1. The number of benzene rings is 4. The quantitative estimate of drug-likeness (QED) is 0.0424. The number of amides is 14. The summed E-state index contributed by atoms with van der Waals surface area (Å²) in [5.74, 6) is -12.8. The molecule has 14 amide bonds. The summed E-state index contributed by atoms with van der Waals surface area (Å²) in [6.45, 7) is 12.8. The number of unbranched alkanes of at least 4 members (excludes halogenated alkanes) is 1. The highest BCUT2D eigenvalue weighted by molar-refractivity contribution is 7.99. The van der Waals surface area contributed by atoms with E-state index in [4.69, 9.17) is 11.5 Å². The molecule has 133 heavy (non-hydrogen) atoms. The third-order valence-corrected chi connectivity index (χ3v) is 29.8. The smallest absolute Gasteiger partial charge is 0.305 e. The number of phenols is 1. The van der Waals surface area contributed by atoms with Crippen molar-refractivity contribution in [3.05, 3.63) is 153 Å². The Labute approximate surface area is 787 Å². The van der Waals surface area contributed by atoms with Crippen molar-refractivity contribution >= 4 is 135 Å². The molecule has 5 aliphatic rings. The number of primary amides is 1. The number of carbonyl (C=O) groups excluding carboxylic acids is 14. The number of phenolic OH excluding ortho intramolecular Hbond substituents is 1. The zero-order chi connectivity index (χ0) is 95.9. The summed E-state index contributed by atoms with van der Waals surface area (Å²) < 4.78 is 0. The number of aromatic amines is 2. The first-order valence-electron chi connectivity index (χ1n) is 45.9. The number of carboxylic acids is 1. The zero-order valence-corrected chi connectivity index (χ0v) is 79.2. The van der Waals surface area contributed by atoms with Gasteiger partial charge in [0.05, 0.1) is 25.0 Å². The predicted octanol–water partition coefficient (Wildman–Crippen LogP) is 4.15. The first-order valence-corrected chi connectivity index (χ1v) is 49.3. The third kappa shape index (κ3) is 27.2. The molecule has 2 saturated carbocycles. The van der Waals surface area contributed by atoms with Gasteiger partial charge < -0.3 is 99.9 Å². The minimum absolute atomic E-state index is 0.00420. The summed E-state index contributed by atoms with van der Waals surface area (Å²) in [6, 6.07) is 4.45. The Morgan fingerprint density at radius 2 is 1.26 bits per heavy atom. The second kappa shape index (κ2) is 47.9. The van der Waals surface area contributed by atoms with Gasteiger partial charge in [-0.25, -0.2) is 4.98 Å². The molecule has 38 heteroatoms. The van der Waals surface area contributed by atoms with Crippen LogP contribution in [0, 0.1) is 43.9 Å². The molecule has 4 aromatic carbocycles. The molecule has 4 unspecified atom stereocenters. The minimum Gasteiger partial charge on any atom is -0.508 e. The van der Waals surface area contributed by atoms with Gasteiger partial charge in [-0.1, -0.05) is 101 Å². The van der Waals surface area contributed by atoms with Gasteiger partial charge in [0.2, 0.25) is 82.7 Å². The van der Waals surface area contributed by atoms with Gasteiger partial charge in [-0.3, -0.25) is 71.9 Å². The molecule has 35 nitrogen and oxygen atoms in total. The summed E-state index contributed by atoms with van der Waals surface area (Å²) in [5, 5.41) is 52.5. The van der Waals surface area contributed by atoms with E-state index in [0.717, 1.165) is 65.5 Å². The van der Waals surface area contributed by atoms with Crippen molar-refractivity contribution in [1.82, 2.24) is 83.2 Å². The number of H-pyrrole nitrogens is 2. The van der Waals surface area contributed by atoms with Gasteiger partial charge in [0.25, 0.3) is 0 Å². The zero-order valence-electron chi connectivity index (χ0n) is 76.7. The Morgan fingerprint density at radius 1 is 0.639 bits per heavy atom. The van der Waals surface area contributed by atoms with Gasteiger partial charge in [-0.05, 0) is 183 Å². The maximum Gasteiger partial charge on any atom is 0.305 e. The maximum atomic E-state index is 15.8. The molecule has 3 aliphatic heterocycles. The average Bonchev–Trinajstić information content (AvgIpc) is 1.65. The first kappa shape index (κ1) is 102. The molecule has 0 spiro atoms. The third-order valence-electron chi connectivity index (χ3n) is 26.7. The van der Waals surface area contributed by atoms with Crippen molar-refractivity contribution < 1.29 is 82.1 Å². The number of nitrogens with zero attached hydrogens (tertiary/aromatic N) is 3. The van der Waals surface area contributed by atoms with Crippen LogP contribution in [0.2, 0.25) is 0 Å². The molecule has 2 aliphatic carbocycles. The number of hydrogen-bond acceptors (Lipinski definition) is 21. The monoisotopic (exact) mass is 1890 g/mol. The molecule has 6 aromatic rings. The topological polar surface area (TPSA) is 532 Å². The van der Waals surface area contributed by atoms with Crippen molar-refractivity contribution in [2.75, 3.05) is 43.9 Å². The number of thioether (sulfide) groups is 3. The number of carboxylic acid groups (broad SMARTS) is 1.